The predicted octanol–water partition coefficient (Wildman–Crippen LogP) is 4.80. The molecule has 1 N–H and O–H groups in total. The molecule has 0 radical (unpaired) electrons. The van der Waals surface area contributed by atoms with Gasteiger partial charge in [0.25, 0.3) is 0 Å². The highest BCUT2D eigenvalue weighted by molar-refractivity contribution is 9.10. The second-order valence-corrected chi connectivity index (χ2v) is 6.77. The van der Waals surface area contributed by atoms with Crippen molar-refractivity contribution in [2.75, 3.05) is 6.54 Å². The first-order valence-electron chi connectivity index (χ1n) is 6.93. The minimum absolute atomic E-state index is 0.0209. The zero-order chi connectivity index (χ0) is 15.2. The van der Waals surface area contributed by atoms with E-state index >= 15 is 0 Å². The Bertz CT molecular complexity index is 586. The van der Waals surface area contributed by atoms with E-state index in [4.69, 9.17) is 0 Å². The average molecular weight is 367 g/mol. The lowest BCUT2D eigenvalue weighted by atomic mass is 10.1. The number of hydrogen-bond acceptors (Lipinski definition) is 2. The Balaban J connectivity index is 1.98. The van der Waals surface area contributed by atoms with E-state index in [0.29, 0.717) is 13.1 Å². The molecule has 0 aliphatic heterocycles. The molecule has 1 atom stereocenters. The van der Waals surface area contributed by atoms with Crippen LogP contribution in [0.3, 0.4) is 0 Å². The number of hydrogen-bond donors (Lipinski definition) is 1. The van der Waals surface area contributed by atoms with Crippen LogP contribution >= 0.6 is 27.3 Å². The Morgan fingerprint density at radius 2 is 2.19 bits per heavy atom. The molecule has 2 rings (SSSR count). The molecule has 0 unspecified atom stereocenters. The maximum atomic E-state index is 12.4. The van der Waals surface area contributed by atoms with E-state index in [2.05, 4.69) is 27.3 Å². The number of benzene rings is 1. The monoisotopic (exact) mass is 366 g/mol. The number of halogens is 1. The van der Waals surface area contributed by atoms with Crippen molar-refractivity contribution in [2.45, 2.75) is 26.4 Å². The molecule has 0 saturated carbocycles. The molecule has 112 valence electrons. The maximum Gasteiger partial charge on any atom is 0.318 e. The molecule has 1 heterocycles. The SMILES string of the molecule is CCN(Cc1cccs1)C(=O)N[C@@H](C)c1cccc(Br)c1. The predicted molar refractivity (Wildman–Crippen MR) is 91.5 cm³/mol. The first-order chi connectivity index (χ1) is 10.1. The fourth-order valence-electron chi connectivity index (χ4n) is 2.05. The Kier molecular flexibility index (Phi) is 5.82. The standard InChI is InChI=1S/C16H19BrN2OS/c1-3-19(11-15-8-5-9-21-15)16(20)18-12(2)13-6-4-7-14(17)10-13/h4-10,12H,3,11H2,1-2H3,(H,18,20)/t12-/m0/s1. The van der Waals surface area contributed by atoms with Crippen LogP contribution in [0.25, 0.3) is 0 Å². The van der Waals surface area contributed by atoms with Gasteiger partial charge in [-0.05, 0) is 43.0 Å². The van der Waals surface area contributed by atoms with Crippen molar-refractivity contribution in [2.24, 2.45) is 0 Å². The third kappa shape index (κ3) is 4.58. The number of carbonyl (C=O) groups is 1. The second kappa shape index (κ2) is 7.61. The molecule has 1 aromatic carbocycles. The van der Waals surface area contributed by atoms with Crippen LogP contribution in [0.5, 0.6) is 0 Å². The van der Waals surface area contributed by atoms with Gasteiger partial charge >= 0.3 is 6.03 Å². The molecule has 0 spiro atoms. The van der Waals surface area contributed by atoms with Crippen molar-refractivity contribution in [3.63, 3.8) is 0 Å². The summed E-state index contributed by atoms with van der Waals surface area (Å²) in [5, 5.41) is 5.09. The largest absolute Gasteiger partial charge is 0.331 e. The molecule has 0 fully saturated rings. The highest BCUT2D eigenvalue weighted by Gasteiger charge is 2.16. The second-order valence-electron chi connectivity index (χ2n) is 4.82. The summed E-state index contributed by atoms with van der Waals surface area (Å²) in [5.74, 6) is 0. The van der Waals surface area contributed by atoms with E-state index in [-0.39, 0.29) is 12.1 Å². The van der Waals surface area contributed by atoms with Crippen LogP contribution in [0.4, 0.5) is 4.79 Å². The maximum absolute atomic E-state index is 12.4. The number of carbonyl (C=O) groups excluding carboxylic acids is 1. The highest BCUT2D eigenvalue weighted by atomic mass is 79.9. The van der Waals surface area contributed by atoms with Gasteiger partial charge in [-0.3, -0.25) is 0 Å². The van der Waals surface area contributed by atoms with Crippen LogP contribution in [0.1, 0.15) is 30.3 Å². The molecule has 0 aliphatic rings. The van der Waals surface area contributed by atoms with Crippen molar-refractivity contribution < 1.29 is 4.79 Å². The number of urea groups is 1. The molecule has 2 amide bonds. The summed E-state index contributed by atoms with van der Waals surface area (Å²) in [6.45, 7) is 5.34. The highest BCUT2D eigenvalue weighted by Crippen LogP contribution is 2.18. The summed E-state index contributed by atoms with van der Waals surface area (Å²) in [7, 11) is 0. The van der Waals surface area contributed by atoms with Gasteiger partial charge in [0.2, 0.25) is 0 Å². The molecular weight excluding hydrogens is 348 g/mol. The third-order valence-corrected chi connectivity index (χ3v) is 4.64. The zero-order valence-electron chi connectivity index (χ0n) is 12.2. The minimum atomic E-state index is -0.0293. The molecule has 0 aliphatic carbocycles. The van der Waals surface area contributed by atoms with Crippen LogP contribution in [0, 0.1) is 0 Å². The summed E-state index contributed by atoms with van der Waals surface area (Å²) >= 11 is 5.13. The smallest absolute Gasteiger partial charge is 0.318 e. The first kappa shape index (κ1) is 16.0. The van der Waals surface area contributed by atoms with Crippen LogP contribution in [0.2, 0.25) is 0 Å². The van der Waals surface area contributed by atoms with Gasteiger partial charge in [0.15, 0.2) is 0 Å². The molecule has 3 nitrogen and oxygen atoms in total. The molecule has 0 bridgehead atoms. The Hall–Kier alpha value is -1.33. The first-order valence-corrected chi connectivity index (χ1v) is 8.60. The topological polar surface area (TPSA) is 32.3 Å². The normalized spacial score (nSPS) is 12.0. The van der Waals surface area contributed by atoms with E-state index in [9.17, 15) is 4.79 Å². The van der Waals surface area contributed by atoms with Crippen molar-refractivity contribution in [1.29, 1.82) is 0 Å². The van der Waals surface area contributed by atoms with Crippen molar-refractivity contribution in [3.05, 3.63) is 56.7 Å². The summed E-state index contributed by atoms with van der Waals surface area (Å²) in [6, 6.07) is 12.0. The number of rotatable bonds is 5. The fraction of sp³-hybridized carbons (Fsp3) is 0.312. The lowest BCUT2D eigenvalue weighted by molar-refractivity contribution is 0.195. The van der Waals surface area contributed by atoms with E-state index in [1.54, 1.807) is 11.3 Å². The summed E-state index contributed by atoms with van der Waals surface area (Å²) in [5.41, 5.74) is 1.09. The zero-order valence-corrected chi connectivity index (χ0v) is 14.6. The van der Waals surface area contributed by atoms with E-state index < -0.39 is 0 Å². The molecule has 21 heavy (non-hydrogen) atoms. The van der Waals surface area contributed by atoms with Crippen LogP contribution in [-0.2, 0) is 6.54 Å². The number of thiophene rings is 1. The molecule has 0 saturated heterocycles. The molecular formula is C16H19BrN2OS. The summed E-state index contributed by atoms with van der Waals surface area (Å²) in [6.07, 6.45) is 0. The number of nitrogens with zero attached hydrogens (tertiary/aromatic N) is 1. The number of nitrogens with one attached hydrogen (secondary N) is 1. The van der Waals surface area contributed by atoms with Crippen molar-refractivity contribution in [3.8, 4) is 0 Å². The van der Waals surface area contributed by atoms with Gasteiger partial charge in [0, 0.05) is 15.9 Å². The van der Waals surface area contributed by atoms with Gasteiger partial charge in [0.1, 0.15) is 0 Å². The van der Waals surface area contributed by atoms with Crippen LogP contribution in [-0.4, -0.2) is 17.5 Å². The third-order valence-electron chi connectivity index (χ3n) is 3.28. The number of amides is 2. The van der Waals surface area contributed by atoms with Crippen molar-refractivity contribution >= 4 is 33.3 Å². The van der Waals surface area contributed by atoms with Gasteiger partial charge < -0.3 is 10.2 Å². The minimum Gasteiger partial charge on any atom is -0.331 e. The Labute approximate surface area is 138 Å². The van der Waals surface area contributed by atoms with Gasteiger partial charge in [-0.1, -0.05) is 34.1 Å². The lowest BCUT2D eigenvalue weighted by Gasteiger charge is -2.23. The summed E-state index contributed by atoms with van der Waals surface area (Å²) < 4.78 is 1.02. The average Bonchev–Trinajstić information content (AvgIpc) is 2.97. The van der Waals surface area contributed by atoms with Gasteiger partial charge in [-0.2, -0.15) is 0 Å². The fourth-order valence-corrected chi connectivity index (χ4v) is 3.19. The Morgan fingerprint density at radius 3 is 2.81 bits per heavy atom. The Morgan fingerprint density at radius 1 is 1.38 bits per heavy atom. The lowest BCUT2D eigenvalue weighted by Crippen LogP contribution is -2.40. The summed E-state index contributed by atoms with van der Waals surface area (Å²) in [4.78, 5) is 15.4. The molecule has 1 aromatic heterocycles. The quantitative estimate of drug-likeness (QED) is 0.809. The van der Waals surface area contributed by atoms with Gasteiger partial charge in [-0.25, -0.2) is 4.79 Å². The van der Waals surface area contributed by atoms with Gasteiger partial charge in [0.05, 0.1) is 12.6 Å². The van der Waals surface area contributed by atoms with E-state index in [0.717, 1.165) is 10.0 Å². The van der Waals surface area contributed by atoms with E-state index in [1.807, 2.05) is 54.5 Å². The molecule has 5 heteroatoms. The van der Waals surface area contributed by atoms with Crippen LogP contribution < -0.4 is 5.32 Å². The van der Waals surface area contributed by atoms with Crippen LogP contribution in [0.15, 0.2) is 46.3 Å². The van der Waals surface area contributed by atoms with Crippen molar-refractivity contribution in [1.82, 2.24) is 10.2 Å². The van der Waals surface area contributed by atoms with Gasteiger partial charge in [-0.15, -0.1) is 11.3 Å². The van der Waals surface area contributed by atoms with E-state index in [1.165, 1.54) is 4.88 Å². The molecule has 2 aromatic rings.